The van der Waals surface area contributed by atoms with E-state index in [4.69, 9.17) is 5.11 Å². The molecule has 9 heteroatoms. The fourth-order valence-electron chi connectivity index (χ4n) is 4.41. The molecule has 0 radical (unpaired) electrons. The fourth-order valence-corrected chi connectivity index (χ4v) is 4.41. The smallest absolute Gasteiger partial charge is 0.330 e. The van der Waals surface area contributed by atoms with E-state index in [0.717, 1.165) is 0 Å². The summed E-state index contributed by atoms with van der Waals surface area (Å²) in [6, 6.07) is 9.66. The number of hydrogen-bond donors (Lipinski definition) is 2. The lowest BCUT2D eigenvalue weighted by Crippen LogP contribution is -2.52. The Kier molecular flexibility index (Phi) is 6.56. The second-order valence-electron chi connectivity index (χ2n) is 8.56. The lowest BCUT2D eigenvalue weighted by molar-refractivity contribution is -0.144. The lowest BCUT2D eigenvalue weighted by atomic mass is 9.96. The highest BCUT2D eigenvalue weighted by Crippen LogP contribution is 2.32. The van der Waals surface area contributed by atoms with Gasteiger partial charge in [-0.3, -0.25) is 24.5 Å². The largest absolute Gasteiger partial charge is 0.396 e. The van der Waals surface area contributed by atoms with E-state index in [1.165, 1.54) is 23.1 Å². The number of carbonyl (C=O) groups excluding carboxylic acids is 4. The van der Waals surface area contributed by atoms with Crippen molar-refractivity contribution < 1.29 is 33.1 Å². The third-order valence-electron chi connectivity index (χ3n) is 6.27. The summed E-state index contributed by atoms with van der Waals surface area (Å²) in [4.78, 5) is 50.1. The van der Waals surface area contributed by atoms with Gasteiger partial charge in [0.2, 0.25) is 17.6 Å². The fraction of sp³-hybridized carbons (Fsp3) is 0.360. The number of halogens is 2. The molecule has 2 N–H and O–H groups in total. The Morgan fingerprint density at radius 2 is 1.85 bits per heavy atom. The van der Waals surface area contributed by atoms with Crippen LogP contribution >= 0.6 is 0 Å². The number of fused-ring (bicyclic) bond motifs is 1. The molecule has 7 nitrogen and oxygen atoms in total. The van der Waals surface area contributed by atoms with Crippen LogP contribution in [-0.4, -0.2) is 46.2 Å². The van der Waals surface area contributed by atoms with Crippen molar-refractivity contribution in [2.75, 3.05) is 6.61 Å². The van der Waals surface area contributed by atoms with Crippen LogP contribution in [0.2, 0.25) is 0 Å². The van der Waals surface area contributed by atoms with E-state index < -0.39 is 29.2 Å². The van der Waals surface area contributed by atoms with E-state index in [0.29, 0.717) is 22.3 Å². The maximum atomic E-state index is 14.7. The van der Waals surface area contributed by atoms with E-state index in [1.54, 1.807) is 24.3 Å². The molecule has 2 aromatic carbocycles. The number of aliphatic hydroxyl groups is 1. The summed E-state index contributed by atoms with van der Waals surface area (Å²) < 4.78 is 29.5. The van der Waals surface area contributed by atoms with Crippen LogP contribution in [0.5, 0.6) is 0 Å². The number of imide groups is 1. The Bertz CT molecular complexity index is 1160. The van der Waals surface area contributed by atoms with E-state index in [9.17, 15) is 28.0 Å². The second-order valence-corrected chi connectivity index (χ2v) is 8.56. The summed E-state index contributed by atoms with van der Waals surface area (Å²) in [6.07, 6.45) is 0.314. The molecule has 2 aromatic rings. The minimum Gasteiger partial charge on any atom is -0.396 e. The van der Waals surface area contributed by atoms with Gasteiger partial charge in [0.25, 0.3) is 5.91 Å². The standard InChI is InChI=1S/C25H24F2N2O5/c26-25(27,18-3-1-2-15(13-18)10-11-30)21(31)8-5-16-4-6-19-17(12-16)14-29(24(19)34)20-7-9-22(32)28-23(20)33/h1-4,6,12-13,20,30H,5,7-11,14H2,(H,28,32,33). The summed E-state index contributed by atoms with van der Waals surface area (Å²) in [7, 11) is 0. The molecular formula is C25H24F2N2O5. The van der Waals surface area contributed by atoms with Crippen LogP contribution in [-0.2, 0) is 39.7 Å². The maximum absolute atomic E-state index is 14.7. The molecule has 0 aromatic heterocycles. The van der Waals surface area contributed by atoms with Crippen molar-refractivity contribution in [2.45, 2.75) is 50.6 Å². The number of alkyl halides is 2. The van der Waals surface area contributed by atoms with Gasteiger partial charge in [0.15, 0.2) is 0 Å². The molecule has 4 rings (SSSR count). The monoisotopic (exact) mass is 470 g/mol. The van der Waals surface area contributed by atoms with Gasteiger partial charge >= 0.3 is 5.92 Å². The Balaban J connectivity index is 1.42. The number of piperidine rings is 1. The van der Waals surface area contributed by atoms with Gasteiger partial charge in [0.1, 0.15) is 6.04 Å². The van der Waals surface area contributed by atoms with Crippen molar-refractivity contribution in [2.24, 2.45) is 0 Å². The Morgan fingerprint density at radius 3 is 2.59 bits per heavy atom. The maximum Gasteiger partial charge on any atom is 0.330 e. The zero-order valence-electron chi connectivity index (χ0n) is 18.4. The third-order valence-corrected chi connectivity index (χ3v) is 6.27. The van der Waals surface area contributed by atoms with Crippen LogP contribution in [0.3, 0.4) is 0 Å². The molecule has 1 atom stereocenters. The minimum atomic E-state index is -3.65. The molecule has 0 bridgehead atoms. The average Bonchev–Trinajstić information content (AvgIpc) is 3.13. The number of rotatable bonds is 8. The normalized spacial score (nSPS) is 18.1. The lowest BCUT2D eigenvalue weighted by Gasteiger charge is -2.29. The summed E-state index contributed by atoms with van der Waals surface area (Å²) in [5, 5.41) is 11.3. The number of benzene rings is 2. The van der Waals surface area contributed by atoms with Crippen LogP contribution in [0.15, 0.2) is 42.5 Å². The van der Waals surface area contributed by atoms with Crippen LogP contribution in [0.25, 0.3) is 0 Å². The van der Waals surface area contributed by atoms with Crippen LogP contribution < -0.4 is 5.32 Å². The zero-order valence-corrected chi connectivity index (χ0v) is 18.4. The summed E-state index contributed by atoms with van der Waals surface area (Å²) in [5.41, 5.74) is 1.84. The number of aryl methyl sites for hydroxylation is 1. The third kappa shape index (κ3) is 4.61. The molecule has 1 fully saturated rings. The number of hydrogen-bond acceptors (Lipinski definition) is 5. The van der Waals surface area contributed by atoms with E-state index in [1.807, 2.05) is 0 Å². The number of ketones is 1. The van der Waals surface area contributed by atoms with Crippen molar-refractivity contribution in [3.63, 3.8) is 0 Å². The SMILES string of the molecule is O=C1CCC(N2Cc3cc(CCC(=O)C(F)(F)c4cccc(CCO)c4)ccc3C2=O)C(=O)N1. The number of carbonyl (C=O) groups is 4. The van der Waals surface area contributed by atoms with E-state index in [-0.39, 0.29) is 57.1 Å². The molecule has 3 amide bonds. The molecule has 178 valence electrons. The second kappa shape index (κ2) is 9.42. The molecule has 1 saturated heterocycles. The topological polar surface area (TPSA) is 104 Å². The van der Waals surface area contributed by atoms with Crippen LogP contribution in [0.1, 0.15) is 51.9 Å². The first kappa shape index (κ1) is 23.7. The quantitative estimate of drug-likeness (QED) is 0.576. The highest BCUT2D eigenvalue weighted by atomic mass is 19.3. The number of aliphatic hydroxyl groups excluding tert-OH is 1. The van der Waals surface area contributed by atoms with Crippen LogP contribution in [0.4, 0.5) is 8.78 Å². The van der Waals surface area contributed by atoms with Crippen molar-refractivity contribution in [3.05, 3.63) is 70.3 Å². The number of Topliss-reactive ketones (excluding diaryl/α,β-unsaturated/α-hetero) is 1. The van der Waals surface area contributed by atoms with E-state index in [2.05, 4.69) is 5.32 Å². The van der Waals surface area contributed by atoms with Gasteiger partial charge in [-0.25, -0.2) is 0 Å². The van der Waals surface area contributed by atoms with Gasteiger partial charge in [-0.15, -0.1) is 0 Å². The summed E-state index contributed by atoms with van der Waals surface area (Å²) >= 11 is 0. The molecule has 1 unspecified atom stereocenters. The summed E-state index contributed by atoms with van der Waals surface area (Å²) in [5.74, 6) is -6.06. The number of nitrogens with one attached hydrogen (secondary N) is 1. The molecule has 2 aliphatic rings. The van der Waals surface area contributed by atoms with Gasteiger partial charge in [0, 0.05) is 37.1 Å². The van der Waals surface area contributed by atoms with Crippen molar-refractivity contribution >= 4 is 23.5 Å². The first-order valence-electron chi connectivity index (χ1n) is 11.1. The number of nitrogens with zero attached hydrogens (tertiary/aromatic N) is 1. The van der Waals surface area contributed by atoms with Crippen molar-refractivity contribution in [1.29, 1.82) is 0 Å². The predicted octanol–water partition coefficient (Wildman–Crippen LogP) is 2.28. The van der Waals surface area contributed by atoms with Gasteiger partial charge in [-0.05, 0) is 48.1 Å². The first-order chi connectivity index (χ1) is 16.2. The van der Waals surface area contributed by atoms with Gasteiger partial charge in [0.05, 0.1) is 0 Å². The Hall–Kier alpha value is -3.46. The Morgan fingerprint density at radius 1 is 1.09 bits per heavy atom. The number of amides is 3. The minimum absolute atomic E-state index is 0.0740. The molecule has 34 heavy (non-hydrogen) atoms. The molecule has 0 aliphatic carbocycles. The van der Waals surface area contributed by atoms with Gasteiger partial charge < -0.3 is 10.0 Å². The van der Waals surface area contributed by atoms with E-state index >= 15 is 0 Å². The van der Waals surface area contributed by atoms with Crippen molar-refractivity contribution in [3.8, 4) is 0 Å². The Labute approximate surface area is 194 Å². The average molecular weight is 470 g/mol. The molecule has 0 spiro atoms. The first-order valence-corrected chi connectivity index (χ1v) is 11.1. The predicted molar refractivity (Wildman–Crippen MR) is 117 cm³/mol. The molecule has 2 aliphatic heterocycles. The zero-order chi connectivity index (χ0) is 24.5. The molecule has 0 saturated carbocycles. The van der Waals surface area contributed by atoms with Crippen LogP contribution in [0, 0.1) is 0 Å². The molecular weight excluding hydrogens is 446 g/mol. The summed E-state index contributed by atoms with van der Waals surface area (Å²) in [6.45, 7) is 0.000807. The van der Waals surface area contributed by atoms with Gasteiger partial charge in [-0.2, -0.15) is 8.78 Å². The molecule has 2 heterocycles. The highest BCUT2D eigenvalue weighted by Gasteiger charge is 2.41. The highest BCUT2D eigenvalue weighted by molar-refractivity contribution is 6.05. The van der Waals surface area contributed by atoms with Gasteiger partial charge in [-0.1, -0.05) is 30.3 Å². The van der Waals surface area contributed by atoms with Crippen molar-refractivity contribution in [1.82, 2.24) is 10.2 Å².